The van der Waals surface area contributed by atoms with Gasteiger partial charge < -0.3 is 4.90 Å². The predicted molar refractivity (Wildman–Crippen MR) is 84.2 cm³/mol. The number of amides is 1. The average Bonchev–Trinajstić information content (AvgIpc) is 3.04. The molecule has 22 heavy (non-hydrogen) atoms. The Labute approximate surface area is 130 Å². The lowest BCUT2D eigenvalue weighted by Crippen LogP contribution is -2.27. The zero-order valence-corrected chi connectivity index (χ0v) is 13.0. The van der Waals surface area contributed by atoms with E-state index in [-0.39, 0.29) is 5.91 Å². The van der Waals surface area contributed by atoms with Crippen molar-refractivity contribution in [2.24, 2.45) is 0 Å². The van der Waals surface area contributed by atoms with Crippen molar-refractivity contribution in [1.29, 1.82) is 0 Å². The van der Waals surface area contributed by atoms with Crippen LogP contribution in [0.2, 0.25) is 0 Å². The standard InChI is InChI=1S/C17H20N4O/c1-3-17(22)21-5-4-13(10-21)16-7-14(6-12(2)20-16)15-8-18-11-19-9-15/h6-9,11,13H,3-5,10H2,1-2H3/t13-/m1/s1. The Balaban J connectivity index is 1.86. The highest BCUT2D eigenvalue weighted by atomic mass is 16.2. The van der Waals surface area contributed by atoms with Gasteiger partial charge >= 0.3 is 0 Å². The first-order chi connectivity index (χ1) is 10.7. The summed E-state index contributed by atoms with van der Waals surface area (Å²) in [6.07, 6.45) is 6.71. The second-order valence-corrected chi connectivity index (χ2v) is 5.73. The molecule has 2 aromatic rings. The van der Waals surface area contributed by atoms with Gasteiger partial charge in [-0.05, 0) is 31.0 Å². The molecule has 114 valence electrons. The van der Waals surface area contributed by atoms with E-state index in [1.807, 2.05) is 37.2 Å². The van der Waals surface area contributed by atoms with E-state index in [1.54, 1.807) is 0 Å². The summed E-state index contributed by atoms with van der Waals surface area (Å²) < 4.78 is 0. The third kappa shape index (κ3) is 2.98. The molecule has 0 aromatic carbocycles. The molecule has 1 amide bonds. The number of pyridine rings is 1. The van der Waals surface area contributed by atoms with Gasteiger partial charge in [-0.1, -0.05) is 6.92 Å². The molecule has 1 aliphatic rings. The summed E-state index contributed by atoms with van der Waals surface area (Å²) in [6.45, 7) is 5.51. The largest absolute Gasteiger partial charge is 0.342 e. The molecular weight excluding hydrogens is 276 g/mol. The van der Waals surface area contributed by atoms with Gasteiger partial charge in [0.1, 0.15) is 6.33 Å². The van der Waals surface area contributed by atoms with E-state index in [1.165, 1.54) is 6.33 Å². The SMILES string of the molecule is CCC(=O)N1CC[C@@H](c2cc(-c3cncnc3)cc(C)n2)C1. The number of aromatic nitrogens is 3. The molecule has 0 spiro atoms. The molecule has 0 radical (unpaired) electrons. The van der Waals surface area contributed by atoms with Crippen molar-refractivity contribution in [3.63, 3.8) is 0 Å². The van der Waals surface area contributed by atoms with Gasteiger partial charge in [0.05, 0.1) is 0 Å². The fourth-order valence-corrected chi connectivity index (χ4v) is 2.97. The van der Waals surface area contributed by atoms with Gasteiger partial charge in [0.15, 0.2) is 0 Å². The van der Waals surface area contributed by atoms with Crippen LogP contribution in [0.4, 0.5) is 0 Å². The van der Waals surface area contributed by atoms with E-state index in [0.717, 1.165) is 42.0 Å². The molecule has 0 N–H and O–H groups in total. The minimum Gasteiger partial charge on any atom is -0.342 e. The van der Waals surface area contributed by atoms with E-state index in [9.17, 15) is 4.79 Å². The zero-order chi connectivity index (χ0) is 15.5. The zero-order valence-electron chi connectivity index (χ0n) is 13.0. The van der Waals surface area contributed by atoms with Gasteiger partial charge in [-0.3, -0.25) is 9.78 Å². The highest BCUT2D eigenvalue weighted by Gasteiger charge is 2.27. The lowest BCUT2D eigenvalue weighted by atomic mass is 10.00. The minimum absolute atomic E-state index is 0.229. The highest BCUT2D eigenvalue weighted by Crippen LogP contribution is 2.29. The Hall–Kier alpha value is -2.30. The first-order valence-corrected chi connectivity index (χ1v) is 7.69. The molecule has 0 bridgehead atoms. The van der Waals surface area contributed by atoms with Gasteiger partial charge in [0, 0.05) is 54.8 Å². The molecule has 1 atom stereocenters. The van der Waals surface area contributed by atoms with Crippen molar-refractivity contribution >= 4 is 5.91 Å². The van der Waals surface area contributed by atoms with Crippen LogP contribution in [0.5, 0.6) is 0 Å². The third-order valence-electron chi connectivity index (χ3n) is 4.13. The van der Waals surface area contributed by atoms with Crippen LogP contribution in [0, 0.1) is 6.92 Å². The maximum Gasteiger partial charge on any atom is 0.222 e. The second-order valence-electron chi connectivity index (χ2n) is 5.73. The van der Waals surface area contributed by atoms with Crippen molar-refractivity contribution < 1.29 is 4.79 Å². The molecule has 1 saturated heterocycles. The lowest BCUT2D eigenvalue weighted by Gasteiger charge is -2.16. The van der Waals surface area contributed by atoms with Crippen molar-refractivity contribution in [2.75, 3.05) is 13.1 Å². The molecule has 0 saturated carbocycles. The molecule has 1 aliphatic heterocycles. The predicted octanol–water partition coefficient (Wildman–Crippen LogP) is 2.57. The van der Waals surface area contributed by atoms with E-state index in [0.29, 0.717) is 12.3 Å². The number of aryl methyl sites for hydroxylation is 1. The van der Waals surface area contributed by atoms with Crippen molar-refractivity contribution in [1.82, 2.24) is 19.9 Å². The van der Waals surface area contributed by atoms with Crippen LogP contribution in [0.25, 0.3) is 11.1 Å². The Morgan fingerprint density at radius 1 is 1.27 bits per heavy atom. The average molecular weight is 296 g/mol. The quantitative estimate of drug-likeness (QED) is 0.873. The van der Waals surface area contributed by atoms with Crippen LogP contribution in [0.15, 0.2) is 30.9 Å². The maximum atomic E-state index is 11.8. The van der Waals surface area contributed by atoms with Crippen LogP contribution in [-0.2, 0) is 4.79 Å². The van der Waals surface area contributed by atoms with E-state index >= 15 is 0 Å². The molecule has 3 heterocycles. The molecular formula is C17H20N4O. The third-order valence-corrected chi connectivity index (χ3v) is 4.13. The molecule has 0 aliphatic carbocycles. The second kappa shape index (κ2) is 6.22. The molecule has 1 fully saturated rings. The topological polar surface area (TPSA) is 59.0 Å². The van der Waals surface area contributed by atoms with Gasteiger partial charge in [-0.15, -0.1) is 0 Å². The number of carbonyl (C=O) groups excluding carboxylic acids is 1. The molecule has 5 heteroatoms. The highest BCUT2D eigenvalue weighted by molar-refractivity contribution is 5.76. The van der Waals surface area contributed by atoms with E-state index in [2.05, 4.69) is 21.0 Å². The number of hydrogen-bond acceptors (Lipinski definition) is 4. The van der Waals surface area contributed by atoms with Crippen LogP contribution in [-0.4, -0.2) is 38.8 Å². The summed E-state index contributed by atoms with van der Waals surface area (Å²) in [7, 11) is 0. The van der Waals surface area contributed by atoms with Gasteiger partial charge in [-0.25, -0.2) is 9.97 Å². The monoisotopic (exact) mass is 296 g/mol. The number of rotatable bonds is 3. The number of nitrogens with zero attached hydrogens (tertiary/aromatic N) is 4. The first-order valence-electron chi connectivity index (χ1n) is 7.69. The fraction of sp³-hybridized carbons (Fsp3) is 0.412. The van der Waals surface area contributed by atoms with Crippen molar-refractivity contribution in [3.8, 4) is 11.1 Å². The summed E-state index contributed by atoms with van der Waals surface area (Å²) in [6, 6.07) is 4.16. The molecule has 5 nitrogen and oxygen atoms in total. The van der Waals surface area contributed by atoms with Crippen molar-refractivity contribution in [3.05, 3.63) is 42.2 Å². The summed E-state index contributed by atoms with van der Waals surface area (Å²) in [5, 5.41) is 0. The normalized spacial score (nSPS) is 17.7. The molecule has 2 aromatic heterocycles. The van der Waals surface area contributed by atoms with Gasteiger partial charge in [0.2, 0.25) is 5.91 Å². The van der Waals surface area contributed by atoms with Gasteiger partial charge in [-0.2, -0.15) is 0 Å². The van der Waals surface area contributed by atoms with Crippen molar-refractivity contribution in [2.45, 2.75) is 32.6 Å². The lowest BCUT2D eigenvalue weighted by molar-refractivity contribution is -0.129. The Morgan fingerprint density at radius 2 is 2.05 bits per heavy atom. The number of carbonyl (C=O) groups is 1. The minimum atomic E-state index is 0.229. The summed E-state index contributed by atoms with van der Waals surface area (Å²) >= 11 is 0. The summed E-state index contributed by atoms with van der Waals surface area (Å²) in [4.78, 5) is 26.6. The summed E-state index contributed by atoms with van der Waals surface area (Å²) in [5.41, 5.74) is 4.12. The smallest absolute Gasteiger partial charge is 0.222 e. The number of likely N-dealkylation sites (tertiary alicyclic amines) is 1. The Bertz CT molecular complexity index is 672. The van der Waals surface area contributed by atoms with E-state index in [4.69, 9.17) is 0 Å². The Morgan fingerprint density at radius 3 is 2.77 bits per heavy atom. The first kappa shape index (κ1) is 14.6. The molecule has 0 unspecified atom stereocenters. The van der Waals surface area contributed by atoms with E-state index < -0.39 is 0 Å². The van der Waals surface area contributed by atoms with Crippen LogP contribution in [0.3, 0.4) is 0 Å². The van der Waals surface area contributed by atoms with Crippen LogP contribution >= 0.6 is 0 Å². The Kier molecular flexibility index (Phi) is 4.13. The fourth-order valence-electron chi connectivity index (χ4n) is 2.97. The maximum absolute atomic E-state index is 11.8. The number of hydrogen-bond donors (Lipinski definition) is 0. The van der Waals surface area contributed by atoms with Crippen LogP contribution < -0.4 is 0 Å². The van der Waals surface area contributed by atoms with Gasteiger partial charge in [0.25, 0.3) is 0 Å². The summed E-state index contributed by atoms with van der Waals surface area (Å²) in [5.74, 6) is 0.547. The van der Waals surface area contributed by atoms with Crippen LogP contribution in [0.1, 0.15) is 37.1 Å². The molecule has 3 rings (SSSR count).